The van der Waals surface area contributed by atoms with Crippen LogP contribution >= 0.6 is 0 Å². The Bertz CT molecular complexity index is 3530. The van der Waals surface area contributed by atoms with Gasteiger partial charge in [-0.15, -0.1) is 0 Å². The summed E-state index contributed by atoms with van der Waals surface area (Å²) in [5.74, 6) is 1.81. The minimum Gasteiger partial charge on any atom is -0.309 e. The van der Waals surface area contributed by atoms with Gasteiger partial charge in [-0.25, -0.2) is 0 Å². The van der Waals surface area contributed by atoms with Gasteiger partial charge in [0.1, 0.15) is 0 Å². The number of aromatic nitrogens is 1. The summed E-state index contributed by atoms with van der Waals surface area (Å²) in [4.78, 5) is 0. The van der Waals surface area contributed by atoms with Crippen LogP contribution in [0.2, 0.25) is 0 Å². The fraction of sp³-hybridized carbons (Fsp3) is 0.152. The number of fused-ring (bicyclic) bond motifs is 7. The number of nitrogens with zero attached hydrogens (tertiary/aromatic N) is 1. The SMILES string of the molecule is CC1C=C2C(Cc3ccc(-c4ccc5c(c4)c4cc6c(cc4n5-c4cccc(-c5cc(-c7ccccc7)cc(-c7ccccc7)c5)c4)C(C)(C)c4ccccc4-6)cc3)C(C)C21c1ccccc1. The van der Waals surface area contributed by atoms with Gasteiger partial charge < -0.3 is 4.57 Å². The molecule has 0 bridgehead atoms. The quantitative estimate of drug-likeness (QED) is 0.134. The number of benzene rings is 9. The molecule has 0 amide bonds. The van der Waals surface area contributed by atoms with Crippen molar-refractivity contribution in [1.82, 2.24) is 4.57 Å². The normalized spacial score (nSPS) is 19.8. The molecule has 0 saturated heterocycles. The van der Waals surface area contributed by atoms with Crippen LogP contribution < -0.4 is 0 Å². The zero-order valence-electron chi connectivity index (χ0n) is 38.7. The first-order chi connectivity index (χ1) is 32.8. The molecule has 1 heterocycles. The maximum Gasteiger partial charge on any atom is 0.0544 e. The molecule has 1 nitrogen and oxygen atoms in total. The van der Waals surface area contributed by atoms with E-state index in [0.717, 1.165) is 12.1 Å². The predicted molar refractivity (Wildman–Crippen MR) is 282 cm³/mol. The minimum absolute atomic E-state index is 0.115. The Kier molecular flexibility index (Phi) is 8.94. The lowest BCUT2D eigenvalue weighted by molar-refractivity contribution is 0.0679. The van der Waals surface area contributed by atoms with Gasteiger partial charge in [0.05, 0.1) is 11.0 Å². The molecular weight excluding hydrogens is 807 g/mol. The molecule has 4 unspecified atom stereocenters. The summed E-state index contributed by atoms with van der Waals surface area (Å²) in [6.45, 7) is 9.67. The minimum atomic E-state index is -0.115. The average Bonchev–Trinajstić information content (AvgIpc) is 3.82. The highest BCUT2D eigenvalue weighted by Gasteiger charge is 2.63. The lowest BCUT2D eigenvalue weighted by atomic mass is 9.37. The summed E-state index contributed by atoms with van der Waals surface area (Å²) >= 11 is 0. The van der Waals surface area contributed by atoms with Gasteiger partial charge in [-0.3, -0.25) is 0 Å². The Balaban J connectivity index is 0.913. The van der Waals surface area contributed by atoms with E-state index in [0.29, 0.717) is 17.8 Å². The van der Waals surface area contributed by atoms with Crippen LogP contribution in [0.15, 0.2) is 224 Å². The first-order valence-electron chi connectivity index (χ1n) is 24.2. The molecule has 3 aliphatic carbocycles. The van der Waals surface area contributed by atoms with Crippen LogP contribution in [-0.4, -0.2) is 4.57 Å². The zero-order chi connectivity index (χ0) is 45.0. The highest BCUT2D eigenvalue weighted by molar-refractivity contribution is 6.13. The molecule has 10 aromatic rings. The van der Waals surface area contributed by atoms with Gasteiger partial charge in [0.15, 0.2) is 0 Å². The zero-order valence-corrected chi connectivity index (χ0v) is 38.7. The maximum absolute atomic E-state index is 2.55. The van der Waals surface area contributed by atoms with Crippen molar-refractivity contribution in [2.45, 2.75) is 44.9 Å². The van der Waals surface area contributed by atoms with Gasteiger partial charge in [0.2, 0.25) is 0 Å². The van der Waals surface area contributed by atoms with Crippen LogP contribution in [-0.2, 0) is 17.3 Å². The van der Waals surface area contributed by atoms with Crippen molar-refractivity contribution in [3.05, 3.63) is 246 Å². The second-order valence-corrected chi connectivity index (χ2v) is 20.2. The van der Waals surface area contributed by atoms with Crippen molar-refractivity contribution in [1.29, 1.82) is 0 Å². The number of hydrogen-bond donors (Lipinski definition) is 0. The van der Waals surface area contributed by atoms with Crippen LogP contribution in [0.25, 0.3) is 83.1 Å². The number of allylic oxidation sites excluding steroid dienone is 2. The second-order valence-electron chi connectivity index (χ2n) is 20.2. The summed E-state index contributed by atoms with van der Waals surface area (Å²) in [6.07, 6.45) is 3.64. The van der Waals surface area contributed by atoms with Gasteiger partial charge in [-0.2, -0.15) is 0 Å². The summed E-state index contributed by atoms with van der Waals surface area (Å²) in [7, 11) is 0. The lowest BCUT2D eigenvalue weighted by Gasteiger charge is -2.66. The van der Waals surface area contributed by atoms with E-state index < -0.39 is 0 Å². The Morgan fingerprint density at radius 3 is 1.67 bits per heavy atom. The Morgan fingerprint density at radius 2 is 1.00 bits per heavy atom. The highest BCUT2D eigenvalue weighted by atomic mass is 15.0. The van der Waals surface area contributed by atoms with Crippen molar-refractivity contribution in [3.8, 4) is 61.3 Å². The molecule has 13 rings (SSSR count). The molecular formula is C66H53N. The predicted octanol–water partition coefficient (Wildman–Crippen LogP) is 17.1. The van der Waals surface area contributed by atoms with E-state index in [9.17, 15) is 0 Å². The Labute approximate surface area is 394 Å². The molecule has 322 valence electrons. The molecule has 1 fully saturated rings. The van der Waals surface area contributed by atoms with Gasteiger partial charge in [-0.1, -0.05) is 197 Å². The topological polar surface area (TPSA) is 4.93 Å². The molecule has 9 aromatic carbocycles. The summed E-state index contributed by atoms with van der Waals surface area (Å²) in [5.41, 5.74) is 23.5. The second kappa shape index (κ2) is 15.0. The third-order valence-electron chi connectivity index (χ3n) is 16.4. The van der Waals surface area contributed by atoms with E-state index in [1.165, 1.54) is 99.7 Å². The number of hydrogen-bond acceptors (Lipinski definition) is 0. The van der Waals surface area contributed by atoms with Crippen LogP contribution in [0.5, 0.6) is 0 Å². The van der Waals surface area contributed by atoms with E-state index >= 15 is 0 Å². The summed E-state index contributed by atoms with van der Waals surface area (Å²) < 4.78 is 2.52. The van der Waals surface area contributed by atoms with Crippen molar-refractivity contribution in [2.24, 2.45) is 17.8 Å². The summed E-state index contributed by atoms with van der Waals surface area (Å²) in [6, 6.07) is 79.6. The first kappa shape index (κ1) is 39.8. The molecule has 3 aliphatic rings. The van der Waals surface area contributed by atoms with Crippen molar-refractivity contribution < 1.29 is 0 Å². The molecule has 0 spiro atoms. The third-order valence-corrected chi connectivity index (χ3v) is 16.4. The summed E-state index contributed by atoms with van der Waals surface area (Å²) in [5, 5.41) is 2.56. The molecule has 4 atom stereocenters. The van der Waals surface area contributed by atoms with E-state index in [4.69, 9.17) is 0 Å². The number of rotatable bonds is 8. The van der Waals surface area contributed by atoms with E-state index in [-0.39, 0.29) is 10.8 Å². The smallest absolute Gasteiger partial charge is 0.0544 e. The first-order valence-corrected chi connectivity index (χ1v) is 24.2. The van der Waals surface area contributed by atoms with Gasteiger partial charge in [0, 0.05) is 27.3 Å². The van der Waals surface area contributed by atoms with Gasteiger partial charge in [-0.05, 0) is 157 Å². The van der Waals surface area contributed by atoms with Crippen LogP contribution in [0.1, 0.15) is 49.9 Å². The Morgan fingerprint density at radius 1 is 0.433 bits per heavy atom. The standard InChI is InChI=1S/C66H53N/c1-42-33-62-56(43(2)66(42,62)53-22-12-7-13-23-53)34-44-27-29-47(30-28-44)49-31-32-63-58(39-49)59-40-57-55-25-14-15-26-60(55)65(3,4)61(57)41-64(59)67(63)54-24-16-21-48(38-54)52-36-50(45-17-8-5-9-18-45)35-51(37-52)46-19-10-6-11-20-46/h5-33,35-43,56H,34H2,1-4H3. The van der Waals surface area contributed by atoms with E-state index in [1.807, 2.05) is 0 Å². The third kappa shape index (κ3) is 6.00. The maximum atomic E-state index is 2.55. The molecule has 0 aliphatic heterocycles. The molecule has 67 heavy (non-hydrogen) atoms. The molecule has 1 saturated carbocycles. The largest absolute Gasteiger partial charge is 0.309 e. The molecule has 1 aromatic heterocycles. The monoisotopic (exact) mass is 859 g/mol. The van der Waals surface area contributed by atoms with Crippen LogP contribution in [0.3, 0.4) is 0 Å². The van der Waals surface area contributed by atoms with E-state index in [1.54, 1.807) is 5.57 Å². The van der Waals surface area contributed by atoms with Gasteiger partial charge in [0.25, 0.3) is 0 Å². The van der Waals surface area contributed by atoms with E-state index in [2.05, 4.69) is 251 Å². The van der Waals surface area contributed by atoms with Crippen LogP contribution in [0, 0.1) is 17.8 Å². The lowest BCUT2D eigenvalue weighted by Crippen LogP contribution is -2.62. The molecule has 0 radical (unpaired) electrons. The van der Waals surface area contributed by atoms with Crippen molar-refractivity contribution >= 4 is 21.8 Å². The van der Waals surface area contributed by atoms with Crippen LogP contribution in [0.4, 0.5) is 0 Å². The fourth-order valence-corrected chi connectivity index (χ4v) is 13.0. The van der Waals surface area contributed by atoms with Crippen molar-refractivity contribution in [2.75, 3.05) is 0 Å². The van der Waals surface area contributed by atoms with Gasteiger partial charge >= 0.3 is 0 Å². The molecule has 1 heteroatoms. The highest BCUT2D eigenvalue weighted by Crippen LogP contribution is 2.67. The average molecular weight is 860 g/mol. The van der Waals surface area contributed by atoms with Crippen molar-refractivity contribution in [3.63, 3.8) is 0 Å². The molecule has 0 N–H and O–H groups in total. The Hall–Kier alpha value is -7.48. The fourth-order valence-electron chi connectivity index (χ4n) is 13.0.